The van der Waals surface area contributed by atoms with Crippen LogP contribution in [0.5, 0.6) is 0 Å². The fourth-order valence-corrected chi connectivity index (χ4v) is 3.32. The normalized spacial score (nSPS) is 18.3. The Hall–Kier alpha value is -1.06. The molecule has 4 heteroatoms. The first kappa shape index (κ1) is 24.0. The lowest BCUT2D eigenvalue weighted by Gasteiger charge is -2.01. The molecule has 0 saturated carbocycles. The van der Waals surface area contributed by atoms with E-state index in [0.717, 1.165) is 44.4 Å². The summed E-state index contributed by atoms with van der Waals surface area (Å²) in [7, 11) is 0. The van der Waals surface area contributed by atoms with Crippen molar-refractivity contribution in [3.05, 3.63) is 0 Å². The maximum Gasteiger partial charge on any atom is 0.183 e. The summed E-state index contributed by atoms with van der Waals surface area (Å²) in [5, 5.41) is 0. The Morgan fingerprint density at radius 2 is 1.30 bits per heavy atom. The molecule has 158 valence electrons. The maximum atomic E-state index is 5.44. The minimum Gasteiger partial charge on any atom is -0.479 e. The minimum atomic E-state index is 0.394. The van der Waals surface area contributed by atoms with Gasteiger partial charge in [-0.2, -0.15) is 0 Å². The van der Waals surface area contributed by atoms with E-state index in [-0.39, 0.29) is 0 Å². The largest absolute Gasteiger partial charge is 0.479 e. The average Bonchev–Trinajstić information content (AvgIpc) is 3.33. The van der Waals surface area contributed by atoms with Gasteiger partial charge in [0.25, 0.3) is 0 Å². The molecule has 4 nitrogen and oxygen atoms in total. The van der Waals surface area contributed by atoms with E-state index < -0.39 is 0 Å². The molecule has 2 rings (SSSR count). The average molecular weight is 381 g/mol. The van der Waals surface area contributed by atoms with Gasteiger partial charge in [-0.3, -0.25) is 4.99 Å². The predicted molar refractivity (Wildman–Crippen MR) is 117 cm³/mol. The standard InChI is InChI=1S/C12H23NO.C11H21NO/c1-3-4-5-6-7-8-9-12-13-11(2)10-14-12;1-2-3-4-5-6-7-8-11-12-9-10-13-11/h11H,3-10H2,1-2H3;2-10H2,1H3. The van der Waals surface area contributed by atoms with Crippen LogP contribution in [-0.4, -0.2) is 37.6 Å². The van der Waals surface area contributed by atoms with Gasteiger partial charge in [-0.25, -0.2) is 4.99 Å². The molecule has 27 heavy (non-hydrogen) atoms. The van der Waals surface area contributed by atoms with E-state index in [1.807, 2.05) is 0 Å². The number of hydrogen-bond donors (Lipinski definition) is 0. The summed E-state index contributed by atoms with van der Waals surface area (Å²) >= 11 is 0. The van der Waals surface area contributed by atoms with E-state index in [1.54, 1.807) is 0 Å². The third-order valence-corrected chi connectivity index (χ3v) is 4.99. The van der Waals surface area contributed by atoms with Crippen molar-refractivity contribution < 1.29 is 9.47 Å². The van der Waals surface area contributed by atoms with Crippen LogP contribution in [0.4, 0.5) is 0 Å². The predicted octanol–water partition coefficient (Wildman–Crippen LogP) is 6.72. The summed E-state index contributed by atoms with van der Waals surface area (Å²) in [6, 6.07) is 0.394. The molecule has 1 unspecified atom stereocenters. The summed E-state index contributed by atoms with van der Waals surface area (Å²) < 4.78 is 10.8. The van der Waals surface area contributed by atoms with Gasteiger partial charge in [-0.1, -0.05) is 78.1 Å². The zero-order chi connectivity index (χ0) is 19.6. The maximum absolute atomic E-state index is 5.44. The molecule has 0 amide bonds. The Morgan fingerprint density at radius 3 is 1.78 bits per heavy atom. The number of aliphatic imine (C=N–C) groups is 2. The van der Waals surface area contributed by atoms with Crippen LogP contribution in [0.2, 0.25) is 0 Å². The summed E-state index contributed by atoms with van der Waals surface area (Å²) in [6.45, 7) is 9.10. The number of ether oxygens (including phenoxy) is 2. The molecule has 0 bridgehead atoms. The highest BCUT2D eigenvalue weighted by atomic mass is 16.5. The molecular weight excluding hydrogens is 336 g/mol. The van der Waals surface area contributed by atoms with Crippen LogP contribution < -0.4 is 0 Å². The van der Waals surface area contributed by atoms with Crippen LogP contribution in [0.25, 0.3) is 0 Å². The SMILES string of the molecule is CCCCCCCCC1=NC(C)CO1.CCCCCCCCC1=NCCO1. The Balaban J connectivity index is 0.000000271. The number of hydrogen-bond acceptors (Lipinski definition) is 4. The van der Waals surface area contributed by atoms with Crippen molar-refractivity contribution in [3.63, 3.8) is 0 Å². The Bertz CT molecular complexity index is 407. The number of unbranched alkanes of at least 4 members (excludes halogenated alkanes) is 10. The Labute approximate surface area is 168 Å². The molecule has 0 aromatic carbocycles. The van der Waals surface area contributed by atoms with Gasteiger partial charge in [0.1, 0.15) is 13.2 Å². The molecule has 0 radical (unpaired) electrons. The molecule has 2 heterocycles. The molecule has 0 aromatic rings. The lowest BCUT2D eigenvalue weighted by atomic mass is 10.1. The molecule has 0 fully saturated rings. The third-order valence-electron chi connectivity index (χ3n) is 4.99. The second-order valence-corrected chi connectivity index (χ2v) is 7.84. The highest BCUT2D eigenvalue weighted by molar-refractivity contribution is 5.77. The van der Waals surface area contributed by atoms with Crippen LogP contribution >= 0.6 is 0 Å². The highest BCUT2D eigenvalue weighted by Crippen LogP contribution is 2.12. The van der Waals surface area contributed by atoms with Gasteiger partial charge in [-0.05, 0) is 19.8 Å². The number of rotatable bonds is 14. The molecule has 0 saturated heterocycles. The monoisotopic (exact) mass is 380 g/mol. The fourth-order valence-electron chi connectivity index (χ4n) is 3.32. The van der Waals surface area contributed by atoms with E-state index in [1.165, 1.54) is 77.0 Å². The first-order chi connectivity index (χ1) is 13.3. The van der Waals surface area contributed by atoms with Crippen LogP contribution in [0.1, 0.15) is 111 Å². The van der Waals surface area contributed by atoms with Crippen molar-refractivity contribution in [2.24, 2.45) is 9.98 Å². The van der Waals surface area contributed by atoms with E-state index in [2.05, 4.69) is 30.8 Å². The summed E-state index contributed by atoms with van der Waals surface area (Å²) in [4.78, 5) is 8.68. The zero-order valence-electron chi connectivity index (χ0n) is 18.3. The van der Waals surface area contributed by atoms with Gasteiger partial charge < -0.3 is 9.47 Å². The summed E-state index contributed by atoms with van der Waals surface area (Å²) in [5.41, 5.74) is 0. The molecule has 2 aliphatic rings. The van der Waals surface area contributed by atoms with Crippen molar-refractivity contribution in [2.45, 2.75) is 117 Å². The van der Waals surface area contributed by atoms with E-state index >= 15 is 0 Å². The quantitative estimate of drug-likeness (QED) is 0.314. The zero-order valence-corrected chi connectivity index (χ0v) is 18.3. The second-order valence-electron chi connectivity index (χ2n) is 7.84. The number of nitrogens with zero attached hydrogens (tertiary/aromatic N) is 2. The second kappa shape index (κ2) is 17.1. The summed E-state index contributed by atoms with van der Waals surface area (Å²) in [6.07, 6.45) is 18.2. The van der Waals surface area contributed by atoms with Crippen molar-refractivity contribution in [1.29, 1.82) is 0 Å². The van der Waals surface area contributed by atoms with Crippen LogP contribution in [0, 0.1) is 0 Å². The van der Waals surface area contributed by atoms with Gasteiger partial charge in [-0.15, -0.1) is 0 Å². The molecular formula is C23H44N2O2. The van der Waals surface area contributed by atoms with Gasteiger partial charge in [0.05, 0.1) is 12.6 Å². The topological polar surface area (TPSA) is 43.2 Å². The Kier molecular flexibility index (Phi) is 15.2. The fraction of sp³-hybridized carbons (Fsp3) is 0.913. The smallest absolute Gasteiger partial charge is 0.183 e. The van der Waals surface area contributed by atoms with Crippen LogP contribution in [-0.2, 0) is 9.47 Å². The molecule has 0 N–H and O–H groups in total. The Morgan fingerprint density at radius 1 is 0.741 bits per heavy atom. The van der Waals surface area contributed by atoms with E-state index in [4.69, 9.17) is 9.47 Å². The summed E-state index contributed by atoms with van der Waals surface area (Å²) in [5.74, 6) is 1.99. The van der Waals surface area contributed by atoms with Gasteiger partial charge in [0, 0.05) is 12.8 Å². The van der Waals surface area contributed by atoms with Crippen molar-refractivity contribution in [3.8, 4) is 0 Å². The van der Waals surface area contributed by atoms with Crippen LogP contribution in [0.15, 0.2) is 9.98 Å². The van der Waals surface area contributed by atoms with Crippen LogP contribution in [0.3, 0.4) is 0 Å². The lowest BCUT2D eigenvalue weighted by Crippen LogP contribution is -2.00. The first-order valence-corrected chi connectivity index (χ1v) is 11.6. The van der Waals surface area contributed by atoms with Gasteiger partial charge in [0.2, 0.25) is 0 Å². The van der Waals surface area contributed by atoms with Crippen molar-refractivity contribution in [1.82, 2.24) is 0 Å². The van der Waals surface area contributed by atoms with Gasteiger partial charge >= 0.3 is 0 Å². The lowest BCUT2D eigenvalue weighted by molar-refractivity contribution is 0.314. The van der Waals surface area contributed by atoms with E-state index in [0.29, 0.717) is 6.04 Å². The molecule has 2 aliphatic heterocycles. The van der Waals surface area contributed by atoms with Crippen molar-refractivity contribution in [2.75, 3.05) is 19.8 Å². The first-order valence-electron chi connectivity index (χ1n) is 11.6. The highest BCUT2D eigenvalue weighted by Gasteiger charge is 2.12. The van der Waals surface area contributed by atoms with E-state index in [9.17, 15) is 0 Å². The molecule has 0 aliphatic carbocycles. The molecule has 1 atom stereocenters. The minimum absolute atomic E-state index is 0.394. The molecule has 0 aromatic heterocycles. The molecule has 0 spiro atoms. The van der Waals surface area contributed by atoms with Crippen molar-refractivity contribution >= 4 is 11.8 Å². The third kappa shape index (κ3) is 13.7. The van der Waals surface area contributed by atoms with Gasteiger partial charge in [0.15, 0.2) is 11.8 Å².